The number of pyridine rings is 1. The maximum atomic E-state index is 11.3. The fraction of sp³-hybridized carbons (Fsp3) is 0.182. The molecule has 2 heterocycles. The zero-order chi connectivity index (χ0) is 11.7. The number of aldehydes is 1. The van der Waals surface area contributed by atoms with Crippen LogP contribution in [0.25, 0.3) is 11.0 Å². The number of aromatic nitrogens is 2. The number of aryl methyl sites for hydroxylation is 1. The number of hydrogen-bond donors (Lipinski definition) is 0. The fourth-order valence-corrected chi connectivity index (χ4v) is 1.61. The van der Waals surface area contributed by atoms with E-state index in [9.17, 15) is 9.59 Å². The molecule has 0 amide bonds. The van der Waals surface area contributed by atoms with Crippen molar-refractivity contribution in [2.45, 2.75) is 0 Å². The topological polar surface area (TPSA) is 61.2 Å². The van der Waals surface area contributed by atoms with Gasteiger partial charge in [-0.1, -0.05) is 0 Å². The van der Waals surface area contributed by atoms with Gasteiger partial charge >= 0.3 is 5.97 Å². The number of esters is 1. The number of carbonyl (C=O) groups is 2. The summed E-state index contributed by atoms with van der Waals surface area (Å²) in [5, 5.41) is 0.653. The van der Waals surface area contributed by atoms with Gasteiger partial charge in [-0.3, -0.25) is 4.79 Å². The molecule has 0 aliphatic heterocycles. The van der Waals surface area contributed by atoms with Crippen molar-refractivity contribution >= 4 is 23.3 Å². The molecular weight excluding hydrogens is 208 g/mol. The molecule has 0 saturated carbocycles. The molecule has 2 rings (SSSR count). The Bertz CT molecular complexity index is 572. The first-order valence-electron chi connectivity index (χ1n) is 4.66. The van der Waals surface area contributed by atoms with Crippen molar-refractivity contribution in [3.8, 4) is 0 Å². The summed E-state index contributed by atoms with van der Waals surface area (Å²) in [4.78, 5) is 26.3. The predicted octanol–water partition coefficient (Wildman–Crippen LogP) is 1.17. The van der Waals surface area contributed by atoms with Crippen LogP contribution in [-0.2, 0) is 11.8 Å². The highest BCUT2D eigenvalue weighted by Crippen LogP contribution is 2.18. The SMILES string of the molecule is COC(=O)c1cnc2c(c1)c(C=O)cn2C. The Balaban J connectivity index is 2.68. The van der Waals surface area contributed by atoms with Gasteiger partial charge in [-0.25, -0.2) is 9.78 Å². The first-order valence-corrected chi connectivity index (χ1v) is 4.66. The van der Waals surface area contributed by atoms with Gasteiger partial charge in [0.2, 0.25) is 0 Å². The third kappa shape index (κ3) is 1.46. The third-order valence-corrected chi connectivity index (χ3v) is 2.39. The first kappa shape index (κ1) is 10.4. The monoisotopic (exact) mass is 218 g/mol. The highest BCUT2D eigenvalue weighted by Gasteiger charge is 2.11. The molecule has 16 heavy (non-hydrogen) atoms. The molecule has 5 heteroatoms. The quantitative estimate of drug-likeness (QED) is 0.560. The summed E-state index contributed by atoms with van der Waals surface area (Å²) in [6, 6.07) is 1.61. The van der Waals surface area contributed by atoms with Crippen molar-refractivity contribution in [3.05, 3.63) is 29.6 Å². The molecule has 0 radical (unpaired) electrons. The molecule has 0 atom stereocenters. The number of rotatable bonds is 2. The highest BCUT2D eigenvalue weighted by atomic mass is 16.5. The van der Waals surface area contributed by atoms with E-state index in [1.165, 1.54) is 13.3 Å². The zero-order valence-electron chi connectivity index (χ0n) is 8.93. The lowest BCUT2D eigenvalue weighted by atomic mass is 10.2. The molecule has 82 valence electrons. The van der Waals surface area contributed by atoms with Gasteiger partial charge in [0.25, 0.3) is 0 Å². The van der Waals surface area contributed by atoms with E-state index in [2.05, 4.69) is 9.72 Å². The Morgan fingerprint density at radius 3 is 2.94 bits per heavy atom. The van der Waals surface area contributed by atoms with Crippen LogP contribution in [0.4, 0.5) is 0 Å². The number of methoxy groups -OCH3 is 1. The molecule has 0 fully saturated rings. The number of hydrogen-bond acceptors (Lipinski definition) is 4. The molecule has 0 unspecified atom stereocenters. The van der Waals surface area contributed by atoms with Crippen LogP contribution in [0.5, 0.6) is 0 Å². The summed E-state index contributed by atoms with van der Waals surface area (Å²) in [6.45, 7) is 0. The number of fused-ring (bicyclic) bond motifs is 1. The molecular formula is C11H10N2O3. The number of carbonyl (C=O) groups excluding carboxylic acids is 2. The minimum absolute atomic E-state index is 0.337. The van der Waals surface area contributed by atoms with Gasteiger partial charge in [0.05, 0.1) is 12.7 Å². The van der Waals surface area contributed by atoms with Gasteiger partial charge in [-0.15, -0.1) is 0 Å². The summed E-state index contributed by atoms with van der Waals surface area (Å²) in [5.41, 5.74) is 1.51. The van der Waals surface area contributed by atoms with Gasteiger partial charge in [0, 0.05) is 30.4 Å². The molecule has 0 aliphatic rings. The first-order chi connectivity index (χ1) is 7.67. The third-order valence-electron chi connectivity index (χ3n) is 2.39. The molecule has 0 saturated heterocycles. The summed E-state index contributed by atoms with van der Waals surface area (Å²) in [6.07, 6.45) is 3.85. The molecule has 0 aromatic carbocycles. The maximum absolute atomic E-state index is 11.3. The van der Waals surface area contributed by atoms with Crippen LogP contribution in [0.1, 0.15) is 20.7 Å². The van der Waals surface area contributed by atoms with E-state index in [0.29, 0.717) is 22.2 Å². The average Bonchev–Trinajstić information content (AvgIpc) is 2.64. The Kier molecular flexibility index (Phi) is 2.44. The van der Waals surface area contributed by atoms with Crippen LogP contribution < -0.4 is 0 Å². The number of ether oxygens (including phenoxy) is 1. The van der Waals surface area contributed by atoms with Crippen LogP contribution in [-0.4, -0.2) is 28.9 Å². The zero-order valence-corrected chi connectivity index (χ0v) is 8.93. The molecule has 0 spiro atoms. The van der Waals surface area contributed by atoms with Crippen LogP contribution in [0.15, 0.2) is 18.5 Å². The molecule has 2 aromatic heterocycles. The number of nitrogens with zero attached hydrogens (tertiary/aromatic N) is 2. The minimum atomic E-state index is -0.463. The smallest absolute Gasteiger partial charge is 0.339 e. The highest BCUT2D eigenvalue weighted by molar-refractivity contribution is 6.00. The Hall–Kier alpha value is -2.17. The second-order valence-corrected chi connectivity index (χ2v) is 3.40. The molecule has 0 bridgehead atoms. The van der Waals surface area contributed by atoms with E-state index in [1.54, 1.807) is 23.9 Å². The maximum Gasteiger partial charge on any atom is 0.339 e. The summed E-state index contributed by atoms with van der Waals surface area (Å²) in [7, 11) is 3.10. The van der Waals surface area contributed by atoms with E-state index in [4.69, 9.17) is 0 Å². The van der Waals surface area contributed by atoms with Crippen LogP contribution in [0.2, 0.25) is 0 Å². The second kappa shape index (κ2) is 3.77. The average molecular weight is 218 g/mol. The molecule has 2 aromatic rings. The van der Waals surface area contributed by atoms with Gasteiger partial charge < -0.3 is 9.30 Å². The lowest BCUT2D eigenvalue weighted by Crippen LogP contribution is -2.02. The van der Waals surface area contributed by atoms with Gasteiger partial charge in [-0.2, -0.15) is 0 Å². The van der Waals surface area contributed by atoms with Crippen molar-refractivity contribution in [1.29, 1.82) is 0 Å². The van der Waals surface area contributed by atoms with Crippen molar-refractivity contribution in [2.75, 3.05) is 7.11 Å². The van der Waals surface area contributed by atoms with Gasteiger partial charge in [0.1, 0.15) is 5.65 Å². The van der Waals surface area contributed by atoms with Crippen molar-refractivity contribution in [1.82, 2.24) is 9.55 Å². The summed E-state index contributed by atoms with van der Waals surface area (Å²) >= 11 is 0. The van der Waals surface area contributed by atoms with Crippen LogP contribution in [0, 0.1) is 0 Å². The van der Waals surface area contributed by atoms with E-state index < -0.39 is 5.97 Å². The Morgan fingerprint density at radius 2 is 2.31 bits per heavy atom. The van der Waals surface area contributed by atoms with Crippen molar-refractivity contribution in [3.63, 3.8) is 0 Å². The van der Waals surface area contributed by atoms with Crippen molar-refractivity contribution in [2.24, 2.45) is 7.05 Å². The molecule has 0 N–H and O–H groups in total. The van der Waals surface area contributed by atoms with E-state index in [0.717, 1.165) is 6.29 Å². The van der Waals surface area contributed by atoms with Crippen molar-refractivity contribution < 1.29 is 14.3 Å². The lowest BCUT2D eigenvalue weighted by molar-refractivity contribution is 0.0600. The standard InChI is InChI=1S/C11H10N2O3/c1-13-5-8(6-14)9-3-7(11(15)16-2)4-12-10(9)13/h3-6H,1-2H3. The van der Waals surface area contributed by atoms with Crippen LogP contribution >= 0.6 is 0 Å². The lowest BCUT2D eigenvalue weighted by Gasteiger charge is -1.99. The van der Waals surface area contributed by atoms with E-state index in [1.807, 2.05) is 0 Å². The van der Waals surface area contributed by atoms with E-state index in [-0.39, 0.29) is 0 Å². The Labute approximate surface area is 91.6 Å². The summed E-state index contributed by atoms with van der Waals surface area (Å²) in [5.74, 6) is -0.463. The fourth-order valence-electron chi connectivity index (χ4n) is 1.61. The van der Waals surface area contributed by atoms with Gasteiger partial charge in [-0.05, 0) is 6.07 Å². The van der Waals surface area contributed by atoms with Gasteiger partial charge in [0.15, 0.2) is 6.29 Å². The van der Waals surface area contributed by atoms with Crippen LogP contribution in [0.3, 0.4) is 0 Å². The Morgan fingerprint density at radius 1 is 1.56 bits per heavy atom. The predicted molar refractivity (Wildman–Crippen MR) is 57.4 cm³/mol. The minimum Gasteiger partial charge on any atom is -0.465 e. The van der Waals surface area contributed by atoms with E-state index >= 15 is 0 Å². The summed E-state index contributed by atoms with van der Waals surface area (Å²) < 4.78 is 6.33. The molecule has 5 nitrogen and oxygen atoms in total. The largest absolute Gasteiger partial charge is 0.465 e. The normalized spacial score (nSPS) is 10.4. The second-order valence-electron chi connectivity index (χ2n) is 3.40. The molecule has 0 aliphatic carbocycles.